The van der Waals surface area contributed by atoms with Crippen molar-refractivity contribution in [3.8, 4) is 17.1 Å². The second-order valence-electron chi connectivity index (χ2n) is 7.88. The molecule has 11 heteroatoms. The molecule has 0 unspecified atom stereocenters. The Balaban J connectivity index is 1.39. The van der Waals surface area contributed by atoms with E-state index in [9.17, 15) is 23.5 Å². The number of anilines is 2. The molecule has 2 amide bonds. The summed E-state index contributed by atoms with van der Waals surface area (Å²) in [7, 11) is 0. The second-order valence-corrected chi connectivity index (χ2v) is 8.29. The molecule has 1 saturated carbocycles. The van der Waals surface area contributed by atoms with Crippen molar-refractivity contribution >= 4 is 35.0 Å². The molecule has 176 valence electrons. The number of carboxylic acid groups (broad SMARTS) is 1. The molecule has 1 fully saturated rings. The number of aliphatic carboxylic acids is 1. The summed E-state index contributed by atoms with van der Waals surface area (Å²) in [6.07, 6.45) is 4.79. The van der Waals surface area contributed by atoms with Crippen molar-refractivity contribution in [1.82, 2.24) is 9.97 Å². The summed E-state index contributed by atoms with van der Waals surface area (Å²) in [5, 5.41) is 14.2. The van der Waals surface area contributed by atoms with E-state index in [0.717, 1.165) is 18.6 Å². The lowest BCUT2D eigenvalue weighted by Gasteiger charge is -2.36. The zero-order chi connectivity index (χ0) is 24.3. The number of carboxylic acids is 1. The van der Waals surface area contributed by atoms with Crippen LogP contribution in [0.2, 0.25) is 5.02 Å². The predicted molar refractivity (Wildman–Crippen MR) is 121 cm³/mol. The second kappa shape index (κ2) is 9.60. The van der Waals surface area contributed by atoms with Gasteiger partial charge in [-0.3, -0.25) is 4.79 Å². The molecule has 3 aromatic rings. The van der Waals surface area contributed by atoms with Gasteiger partial charge in [-0.05, 0) is 48.7 Å². The fraction of sp³-hybridized carbons (Fsp3) is 0.217. The first kappa shape index (κ1) is 23.4. The Morgan fingerprint density at radius 3 is 2.35 bits per heavy atom. The molecule has 4 rings (SSSR count). The summed E-state index contributed by atoms with van der Waals surface area (Å²) in [4.78, 5) is 31.7. The van der Waals surface area contributed by atoms with E-state index < -0.39 is 29.0 Å². The molecule has 0 atom stereocenters. The average molecular weight is 489 g/mol. The fourth-order valence-corrected chi connectivity index (χ4v) is 3.60. The van der Waals surface area contributed by atoms with Crippen LogP contribution >= 0.6 is 11.6 Å². The standard InChI is InChI=1S/C23H19ClF2N4O4/c24-16-4-3-15(25)9-19(16)30-21(33)29-18-5-2-13(8-17(18)26)14-10-27-22(28-11-14)34-12-23(20(31)32)6-1-7-23/h2-5,8-11H,1,6-7,12H2,(H,31,32)(H2,29,30,33). The van der Waals surface area contributed by atoms with Crippen LogP contribution < -0.4 is 15.4 Å². The highest BCUT2D eigenvalue weighted by atomic mass is 35.5. The number of halogens is 3. The number of amides is 2. The Labute approximate surface area is 197 Å². The van der Waals surface area contributed by atoms with E-state index in [1.165, 1.54) is 30.6 Å². The zero-order valence-corrected chi connectivity index (χ0v) is 18.4. The topological polar surface area (TPSA) is 113 Å². The molecule has 3 N–H and O–H groups in total. The number of ether oxygens (including phenoxy) is 1. The fourth-order valence-electron chi connectivity index (χ4n) is 3.43. The molecule has 34 heavy (non-hydrogen) atoms. The van der Waals surface area contributed by atoms with Gasteiger partial charge in [0.2, 0.25) is 0 Å². The Bertz CT molecular complexity index is 1240. The monoisotopic (exact) mass is 488 g/mol. The molecule has 0 radical (unpaired) electrons. The third-order valence-electron chi connectivity index (χ3n) is 5.60. The lowest BCUT2D eigenvalue weighted by atomic mass is 9.69. The van der Waals surface area contributed by atoms with Crippen molar-refractivity contribution in [2.24, 2.45) is 5.41 Å². The molecular weight excluding hydrogens is 470 g/mol. The van der Waals surface area contributed by atoms with Crippen molar-refractivity contribution in [3.05, 3.63) is 65.4 Å². The highest BCUT2D eigenvalue weighted by Crippen LogP contribution is 2.41. The van der Waals surface area contributed by atoms with Crippen LogP contribution in [0.4, 0.5) is 25.0 Å². The van der Waals surface area contributed by atoms with E-state index >= 15 is 0 Å². The highest BCUT2D eigenvalue weighted by molar-refractivity contribution is 6.33. The number of nitrogens with one attached hydrogen (secondary N) is 2. The van der Waals surface area contributed by atoms with Crippen LogP contribution in [-0.4, -0.2) is 33.7 Å². The van der Waals surface area contributed by atoms with Crippen LogP contribution in [0.25, 0.3) is 11.1 Å². The van der Waals surface area contributed by atoms with Gasteiger partial charge in [0.1, 0.15) is 23.7 Å². The van der Waals surface area contributed by atoms with E-state index in [-0.39, 0.29) is 29.0 Å². The molecule has 1 aromatic heterocycles. The molecule has 8 nitrogen and oxygen atoms in total. The van der Waals surface area contributed by atoms with Crippen molar-refractivity contribution in [2.45, 2.75) is 19.3 Å². The first-order chi connectivity index (χ1) is 16.3. The minimum absolute atomic E-state index is 0.0143. The number of rotatable bonds is 7. The van der Waals surface area contributed by atoms with E-state index in [2.05, 4.69) is 20.6 Å². The normalized spacial score (nSPS) is 14.1. The summed E-state index contributed by atoms with van der Waals surface area (Å²) >= 11 is 5.91. The summed E-state index contributed by atoms with van der Waals surface area (Å²) in [6.45, 7) is -0.0143. The summed E-state index contributed by atoms with van der Waals surface area (Å²) in [6, 6.07) is 6.82. The Hall–Kier alpha value is -3.79. The van der Waals surface area contributed by atoms with Gasteiger partial charge in [-0.15, -0.1) is 0 Å². The SMILES string of the molecule is O=C(Nc1ccc(-c2cnc(OCC3(C(=O)O)CCC3)nc2)cc1F)Nc1cc(F)ccc1Cl. The molecule has 0 aliphatic heterocycles. The highest BCUT2D eigenvalue weighted by Gasteiger charge is 2.45. The summed E-state index contributed by atoms with van der Waals surface area (Å²) in [5.41, 5.74) is -0.00812. The third-order valence-corrected chi connectivity index (χ3v) is 5.93. The van der Waals surface area contributed by atoms with Gasteiger partial charge in [-0.2, -0.15) is 0 Å². The van der Waals surface area contributed by atoms with E-state index in [1.54, 1.807) is 6.07 Å². The van der Waals surface area contributed by atoms with Gasteiger partial charge in [0, 0.05) is 18.0 Å². The van der Waals surface area contributed by atoms with Crippen LogP contribution in [-0.2, 0) is 4.79 Å². The van der Waals surface area contributed by atoms with Crippen molar-refractivity contribution in [2.75, 3.05) is 17.2 Å². The molecule has 1 aliphatic carbocycles. The molecule has 0 spiro atoms. The van der Waals surface area contributed by atoms with Gasteiger partial charge in [-0.25, -0.2) is 23.5 Å². The lowest BCUT2D eigenvalue weighted by Crippen LogP contribution is -2.43. The first-order valence-corrected chi connectivity index (χ1v) is 10.6. The maximum atomic E-state index is 14.6. The van der Waals surface area contributed by atoms with E-state index in [0.29, 0.717) is 24.0 Å². The van der Waals surface area contributed by atoms with Gasteiger partial charge in [0.15, 0.2) is 0 Å². The molecule has 0 bridgehead atoms. The first-order valence-electron chi connectivity index (χ1n) is 10.3. The van der Waals surface area contributed by atoms with Crippen LogP contribution in [0.15, 0.2) is 48.8 Å². The van der Waals surface area contributed by atoms with Crippen molar-refractivity contribution in [1.29, 1.82) is 0 Å². The number of benzene rings is 2. The molecule has 2 aromatic carbocycles. The summed E-state index contributed by atoms with van der Waals surface area (Å²) < 4.78 is 33.4. The number of carbonyl (C=O) groups is 2. The number of urea groups is 1. The summed E-state index contributed by atoms with van der Waals surface area (Å²) in [5.74, 6) is -2.20. The quantitative estimate of drug-likeness (QED) is 0.413. The van der Waals surface area contributed by atoms with E-state index in [4.69, 9.17) is 16.3 Å². The maximum absolute atomic E-state index is 14.6. The van der Waals surface area contributed by atoms with Crippen LogP contribution in [0.3, 0.4) is 0 Å². The predicted octanol–water partition coefficient (Wildman–Crippen LogP) is 5.35. The number of nitrogens with zero attached hydrogens (tertiary/aromatic N) is 2. The molecule has 1 aliphatic rings. The van der Waals surface area contributed by atoms with Gasteiger partial charge in [0.05, 0.1) is 16.4 Å². The average Bonchev–Trinajstić information content (AvgIpc) is 2.77. The van der Waals surface area contributed by atoms with Crippen LogP contribution in [0, 0.1) is 17.0 Å². The minimum Gasteiger partial charge on any atom is -0.481 e. The Morgan fingerprint density at radius 1 is 1.03 bits per heavy atom. The Morgan fingerprint density at radius 2 is 1.74 bits per heavy atom. The zero-order valence-electron chi connectivity index (χ0n) is 17.6. The van der Waals surface area contributed by atoms with Gasteiger partial charge in [0.25, 0.3) is 0 Å². The van der Waals surface area contributed by atoms with Gasteiger partial charge >= 0.3 is 18.0 Å². The molecule has 1 heterocycles. The smallest absolute Gasteiger partial charge is 0.323 e. The number of hydrogen-bond donors (Lipinski definition) is 3. The lowest BCUT2D eigenvalue weighted by molar-refractivity contribution is -0.157. The number of carbonyl (C=O) groups excluding carboxylic acids is 1. The number of hydrogen-bond acceptors (Lipinski definition) is 5. The molecule has 0 saturated heterocycles. The molecular formula is C23H19ClF2N4O4. The third kappa shape index (κ3) is 5.07. The van der Waals surface area contributed by atoms with E-state index in [1.807, 2.05) is 0 Å². The maximum Gasteiger partial charge on any atom is 0.323 e. The minimum atomic E-state index is -0.896. The van der Waals surface area contributed by atoms with Gasteiger partial charge in [-0.1, -0.05) is 24.1 Å². The number of aromatic nitrogens is 2. The van der Waals surface area contributed by atoms with Crippen LogP contribution in [0.1, 0.15) is 19.3 Å². The van der Waals surface area contributed by atoms with Crippen molar-refractivity contribution < 1.29 is 28.2 Å². The largest absolute Gasteiger partial charge is 0.481 e. The van der Waals surface area contributed by atoms with Crippen LogP contribution in [0.5, 0.6) is 6.01 Å². The Kier molecular flexibility index (Phi) is 6.60. The van der Waals surface area contributed by atoms with Gasteiger partial charge < -0.3 is 20.5 Å². The van der Waals surface area contributed by atoms with Crippen molar-refractivity contribution in [3.63, 3.8) is 0 Å².